The van der Waals surface area contributed by atoms with Gasteiger partial charge in [-0.15, -0.1) is 0 Å². The molecule has 4 heteroatoms. The van der Waals surface area contributed by atoms with Crippen LogP contribution >= 0.6 is 0 Å². The van der Waals surface area contributed by atoms with E-state index >= 15 is 0 Å². The Balaban J connectivity index is 1.64. The normalized spacial score (nSPS) is 15.1. The first kappa shape index (κ1) is 10.3. The van der Waals surface area contributed by atoms with E-state index in [2.05, 4.69) is 10.3 Å². The maximum absolute atomic E-state index is 11.7. The highest BCUT2D eigenvalue weighted by atomic mass is 16.1. The smallest absolute Gasteiger partial charge is 0.226 e. The second kappa shape index (κ2) is 4.20. The molecule has 17 heavy (non-hydrogen) atoms. The molecule has 3 rings (SSSR count). The van der Waals surface area contributed by atoms with E-state index in [-0.39, 0.29) is 5.91 Å². The highest BCUT2D eigenvalue weighted by Crippen LogP contribution is 2.27. The summed E-state index contributed by atoms with van der Waals surface area (Å²) >= 11 is 0. The van der Waals surface area contributed by atoms with Gasteiger partial charge in [0.2, 0.25) is 5.91 Å². The van der Waals surface area contributed by atoms with Gasteiger partial charge in [0.15, 0.2) is 0 Å². The van der Waals surface area contributed by atoms with Crippen molar-refractivity contribution in [1.82, 2.24) is 14.7 Å². The molecule has 1 aliphatic carbocycles. The molecule has 0 atom stereocenters. The van der Waals surface area contributed by atoms with Crippen molar-refractivity contribution in [1.29, 1.82) is 0 Å². The molecular weight excluding hydrogens is 214 g/mol. The van der Waals surface area contributed by atoms with E-state index in [4.69, 9.17) is 0 Å². The van der Waals surface area contributed by atoms with Crippen molar-refractivity contribution < 1.29 is 4.79 Å². The van der Waals surface area contributed by atoms with Crippen LogP contribution in [-0.4, -0.2) is 21.8 Å². The quantitative estimate of drug-likeness (QED) is 0.861. The van der Waals surface area contributed by atoms with Crippen molar-refractivity contribution in [3.63, 3.8) is 0 Å². The van der Waals surface area contributed by atoms with Crippen LogP contribution in [0.25, 0.3) is 5.65 Å². The van der Waals surface area contributed by atoms with Crippen LogP contribution in [0, 0.1) is 5.92 Å². The minimum Gasteiger partial charge on any atom is -0.355 e. The summed E-state index contributed by atoms with van der Waals surface area (Å²) in [6.07, 6.45) is 6.73. The number of rotatable bonds is 4. The molecule has 1 fully saturated rings. The SMILES string of the molecule is O=C(Cc1cn2ccccc2n1)NCC1CC1. The molecule has 0 bridgehead atoms. The Labute approximate surface area is 99.7 Å². The molecule has 4 nitrogen and oxygen atoms in total. The van der Waals surface area contributed by atoms with Crippen LogP contribution in [-0.2, 0) is 11.2 Å². The molecule has 88 valence electrons. The number of hydrogen-bond acceptors (Lipinski definition) is 2. The van der Waals surface area contributed by atoms with Crippen molar-refractivity contribution in [2.24, 2.45) is 5.92 Å². The van der Waals surface area contributed by atoms with Crippen LogP contribution in [0.4, 0.5) is 0 Å². The molecule has 1 saturated carbocycles. The van der Waals surface area contributed by atoms with Gasteiger partial charge >= 0.3 is 0 Å². The Morgan fingerprint density at radius 3 is 3.12 bits per heavy atom. The third-order valence-electron chi connectivity index (χ3n) is 3.04. The van der Waals surface area contributed by atoms with Crippen molar-refractivity contribution >= 4 is 11.6 Å². The predicted octanol–water partition coefficient (Wildman–Crippen LogP) is 1.40. The molecule has 0 aliphatic heterocycles. The summed E-state index contributed by atoms with van der Waals surface area (Å²) in [5.74, 6) is 0.792. The van der Waals surface area contributed by atoms with Crippen LogP contribution in [0.2, 0.25) is 0 Å². The fraction of sp³-hybridized carbons (Fsp3) is 0.385. The number of fused-ring (bicyclic) bond motifs is 1. The summed E-state index contributed by atoms with van der Waals surface area (Å²) in [5.41, 5.74) is 1.71. The Bertz CT molecular complexity index is 509. The topological polar surface area (TPSA) is 46.4 Å². The van der Waals surface area contributed by atoms with Gasteiger partial charge in [-0.1, -0.05) is 6.07 Å². The first-order valence-electron chi connectivity index (χ1n) is 6.00. The molecule has 2 aromatic heterocycles. The number of hydrogen-bond donors (Lipinski definition) is 1. The molecule has 1 aliphatic rings. The van der Waals surface area contributed by atoms with E-state index < -0.39 is 0 Å². The van der Waals surface area contributed by atoms with E-state index in [1.54, 1.807) is 0 Å². The summed E-state index contributed by atoms with van der Waals surface area (Å²) in [4.78, 5) is 16.1. The highest BCUT2D eigenvalue weighted by molar-refractivity contribution is 5.78. The van der Waals surface area contributed by atoms with Gasteiger partial charge in [-0.25, -0.2) is 4.98 Å². The number of pyridine rings is 1. The lowest BCUT2D eigenvalue weighted by Gasteiger charge is -2.01. The maximum Gasteiger partial charge on any atom is 0.226 e. The summed E-state index contributed by atoms with van der Waals surface area (Å²) in [7, 11) is 0. The van der Waals surface area contributed by atoms with Gasteiger partial charge in [-0.2, -0.15) is 0 Å². The van der Waals surface area contributed by atoms with E-state index in [1.807, 2.05) is 35.0 Å². The van der Waals surface area contributed by atoms with Crippen LogP contribution in [0.1, 0.15) is 18.5 Å². The maximum atomic E-state index is 11.7. The van der Waals surface area contributed by atoms with Gasteiger partial charge in [0.1, 0.15) is 5.65 Å². The number of nitrogens with zero attached hydrogens (tertiary/aromatic N) is 2. The Morgan fingerprint density at radius 2 is 2.35 bits per heavy atom. The van der Waals surface area contributed by atoms with Gasteiger partial charge < -0.3 is 9.72 Å². The van der Waals surface area contributed by atoms with E-state index in [1.165, 1.54) is 12.8 Å². The molecule has 2 heterocycles. The lowest BCUT2D eigenvalue weighted by atomic mass is 10.3. The van der Waals surface area contributed by atoms with E-state index in [0.29, 0.717) is 6.42 Å². The molecule has 2 aromatic rings. The Morgan fingerprint density at radius 1 is 1.47 bits per heavy atom. The fourth-order valence-electron chi connectivity index (χ4n) is 1.88. The molecule has 0 unspecified atom stereocenters. The first-order chi connectivity index (χ1) is 8.31. The fourth-order valence-corrected chi connectivity index (χ4v) is 1.88. The molecule has 0 radical (unpaired) electrons. The molecule has 1 N–H and O–H groups in total. The first-order valence-corrected chi connectivity index (χ1v) is 6.00. The summed E-state index contributed by atoms with van der Waals surface area (Å²) in [5, 5.41) is 2.95. The zero-order valence-corrected chi connectivity index (χ0v) is 9.60. The number of nitrogens with one attached hydrogen (secondary N) is 1. The zero-order valence-electron chi connectivity index (χ0n) is 9.60. The number of amides is 1. The minimum absolute atomic E-state index is 0.0697. The van der Waals surface area contributed by atoms with Crippen LogP contribution in [0.5, 0.6) is 0 Å². The summed E-state index contributed by atoms with van der Waals surface area (Å²) < 4.78 is 1.93. The third kappa shape index (κ3) is 2.46. The largest absolute Gasteiger partial charge is 0.355 e. The molecular formula is C13H15N3O. The second-order valence-corrected chi connectivity index (χ2v) is 4.62. The number of carbonyl (C=O) groups is 1. The Hall–Kier alpha value is -1.84. The van der Waals surface area contributed by atoms with Gasteiger partial charge in [0.05, 0.1) is 12.1 Å². The van der Waals surface area contributed by atoms with Gasteiger partial charge in [-0.3, -0.25) is 4.79 Å². The average molecular weight is 229 g/mol. The standard InChI is InChI=1S/C13H15N3O/c17-13(14-8-10-4-5-10)7-11-9-16-6-2-1-3-12(16)15-11/h1-3,6,9-10H,4-5,7-8H2,(H,14,17). The van der Waals surface area contributed by atoms with E-state index in [0.717, 1.165) is 23.8 Å². The average Bonchev–Trinajstić information content (AvgIpc) is 3.06. The minimum atomic E-state index is 0.0697. The lowest BCUT2D eigenvalue weighted by Crippen LogP contribution is -2.27. The van der Waals surface area contributed by atoms with Crippen molar-refractivity contribution in [3.05, 3.63) is 36.3 Å². The molecule has 1 amide bonds. The second-order valence-electron chi connectivity index (χ2n) is 4.62. The van der Waals surface area contributed by atoms with Gasteiger partial charge in [0.25, 0.3) is 0 Å². The summed E-state index contributed by atoms with van der Waals surface area (Å²) in [6, 6.07) is 5.83. The Kier molecular flexibility index (Phi) is 2.55. The summed E-state index contributed by atoms with van der Waals surface area (Å²) in [6.45, 7) is 0.826. The monoisotopic (exact) mass is 229 g/mol. The van der Waals surface area contributed by atoms with Crippen LogP contribution in [0.15, 0.2) is 30.6 Å². The predicted molar refractivity (Wildman–Crippen MR) is 64.6 cm³/mol. The van der Waals surface area contributed by atoms with Crippen molar-refractivity contribution in [2.75, 3.05) is 6.54 Å². The van der Waals surface area contributed by atoms with Gasteiger partial charge in [0, 0.05) is 18.9 Å². The van der Waals surface area contributed by atoms with Gasteiger partial charge in [-0.05, 0) is 30.9 Å². The van der Waals surface area contributed by atoms with E-state index in [9.17, 15) is 4.79 Å². The molecule has 0 saturated heterocycles. The lowest BCUT2D eigenvalue weighted by molar-refractivity contribution is -0.120. The zero-order chi connectivity index (χ0) is 11.7. The van der Waals surface area contributed by atoms with Crippen molar-refractivity contribution in [2.45, 2.75) is 19.3 Å². The number of imidazole rings is 1. The van der Waals surface area contributed by atoms with Crippen molar-refractivity contribution in [3.8, 4) is 0 Å². The number of carbonyl (C=O) groups excluding carboxylic acids is 1. The van der Waals surface area contributed by atoms with Crippen LogP contribution in [0.3, 0.4) is 0 Å². The molecule has 0 aromatic carbocycles. The highest BCUT2D eigenvalue weighted by Gasteiger charge is 2.21. The van der Waals surface area contributed by atoms with Crippen LogP contribution < -0.4 is 5.32 Å². The molecule has 0 spiro atoms. The number of aromatic nitrogens is 2. The third-order valence-corrected chi connectivity index (χ3v) is 3.04.